The van der Waals surface area contributed by atoms with Crippen molar-refractivity contribution in [2.45, 2.75) is 25.6 Å². The third kappa shape index (κ3) is 5.09. The van der Waals surface area contributed by atoms with Gasteiger partial charge < -0.3 is 9.73 Å². The highest BCUT2D eigenvalue weighted by Crippen LogP contribution is 2.33. The number of alkyl halides is 3. The normalized spacial score (nSPS) is 11.4. The van der Waals surface area contributed by atoms with E-state index in [4.69, 9.17) is 4.42 Å². The third-order valence-electron chi connectivity index (χ3n) is 3.97. The highest BCUT2D eigenvalue weighted by atomic mass is 19.4. The topological polar surface area (TPSA) is 77.1 Å². The summed E-state index contributed by atoms with van der Waals surface area (Å²) in [6, 6.07) is 8.41. The number of amides is 1. The monoisotopic (exact) mass is 409 g/mol. The van der Waals surface area contributed by atoms with Crippen molar-refractivity contribution in [1.29, 1.82) is 0 Å². The second-order valence-corrected chi connectivity index (χ2v) is 6.10. The summed E-state index contributed by atoms with van der Waals surface area (Å²) >= 11 is 0. The van der Waals surface area contributed by atoms with Crippen molar-refractivity contribution in [1.82, 2.24) is 9.78 Å². The lowest BCUT2D eigenvalue weighted by molar-refractivity contribution is -0.140. The molecule has 1 amide bonds. The van der Waals surface area contributed by atoms with Crippen LogP contribution in [0.4, 0.5) is 23.2 Å². The Morgan fingerprint density at radius 3 is 2.66 bits per heavy atom. The van der Waals surface area contributed by atoms with Crippen LogP contribution in [-0.2, 0) is 17.5 Å². The van der Waals surface area contributed by atoms with Gasteiger partial charge in [0.1, 0.15) is 11.5 Å². The first-order valence-electron chi connectivity index (χ1n) is 8.53. The number of halogens is 4. The molecule has 0 saturated heterocycles. The third-order valence-corrected chi connectivity index (χ3v) is 3.97. The number of benzene rings is 1. The van der Waals surface area contributed by atoms with Gasteiger partial charge in [-0.15, -0.1) is 0 Å². The molecule has 0 aliphatic heterocycles. The smallest absolute Gasteiger partial charge is 0.419 e. The first kappa shape index (κ1) is 20.3. The summed E-state index contributed by atoms with van der Waals surface area (Å²) in [7, 11) is 0. The molecule has 2 heterocycles. The van der Waals surface area contributed by atoms with Crippen LogP contribution < -0.4 is 10.9 Å². The molecule has 0 radical (unpaired) electrons. The maximum Gasteiger partial charge on any atom is 0.419 e. The number of furan rings is 1. The molecule has 3 rings (SSSR count). The van der Waals surface area contributed by atoms with Gasteiger partial charge in [0.2, 0.25) is 5.91 Å². The minimum Gasteiger partial charge on any atom is -0.463 e. The van der Waals surface area contributed by atoms with Gasteiger partial charge in [-0.1, -0.05) is 0 Å². The lowest BCUT2D eigenvalue weighted by Gasteiger charge is -2.11. The molecular weight excluding hydrogens is 394 g/mol. The average Bonchev–Trinajstić information content (AvgIpc) is 3.18. The van der Waals surface area contributed by atoms with Gasteiger partial charge >= 0.3 is 6.18 Å². The number of aromatic nitrogens is 2. The number of carbonyl (C=O) groups is 1. The molecule has 10 heteroatoms. The largest absolute Gasteiger partial charge is 0.463 e. The van der Waals surface area contributed by atoms with Gasteiger partial charge in [0.25, 0.3) is 5.56 Å². The van der Waals surface area contributed by atoms with E-state index in [-0.39, 0.29) is 30.6 Å². The Balaban J connectivity index is 1.60. The van der Waals surface area contributed by atoms with Crippen LogP contribution in [-0.4, -0.2) is 15.7 Å². The van der Waals surface area contributed by atoms with Gasteiger partial charge in [0.05, 0.1) is 11.8 Å². The summed E-state index contributed by atoms with van der Waals surface area (Å²) in [5.74, 6) is -1.51. The molecular formula is C19H15F4N3O3. The van der Waals surface area contributed by atoms with Crippen LogP contribution in [0.3, 0.4) is 0 Å². The van der Waals surface area contributed by atoms with Gasteiger partial charge in [-0.25, -0.2) is 9.07 Å². The minimum absolute atomic E-state index is 0.0716. The van der Waals surface area contributed by atoms with Crippen molar-refractivity contribution in [3.63, 3.8) is 0 Å². The van der Waals surface area contributed by atoms with Crippen molar-refractivity contribution in [3.8, 4) is 11.5 Å². The molecule has 0 saturated carbocycles. The molecule has 2 aromatic heterocycles. The summed E-state index contributed by atoms with van der Waals surface area (Å²) in [6.45, 7) is 0.123. The van der Waals surface area contributed by atoms with Gasteiger partial charge in [-0.05, 0) is 42.8 Å². The minimum atomic E-state index is -4.86. The Kier molecular flexibility index (Phi) is 5.81. The van der Waals surface area contributed by atoms with Gasteiger partial charge in [-0.3, -0.25) is 9.59 Å². The second-order valence-electron chi connectivity index (χ2n) is 6.10. The summed E-state index contributed by atoms with van der Waals surface area (Å²) in [5, 5.41) is 6.44. The molecule has 0 fully saturated rings. The van der Waals surface area contributed by atoms with E-state index in [1.165, 1.54) is 23.1 Å². The molecule has 0 atom stereocenters. The molecule has 0 bridgehead atoms. The van der Waals surface area contributed by atoms with Crippen LogP contribution >= 0.6 is 0 Å². The van der Waals surface area contributed by atoms with Gasteiger partial charge in [-0.2, -0.15) is 18.3 Å². The number of nitrogens with one attached hydrogen (secondary N) is 1. The summed E-state index contributed by atoms with van der Waals surface area (Å²) in [6.07, 6.45) is -3.25. The number of rotatable bonds is 6. The van der Waals surface area contributed by atoms with Crippen LogP contribution in [0.1, 0.15) is 18.4 Å². The number of carbonyl (C=O) groups excluding carboxylic acids is 1. The zero-order valence-electron chi connectivity index (χ0n) is 14.9. The summed E-state index contributed by atoms with van der Waals surface area (Å²) < 4.78 is 57.9. The first-order valence-corrected chi connectivity index (χ1v) is 8.53. The number of nitrogens with zero attached hydrogens (tertiary/aromatic N) is 2. The van der Waals surface area contributed by atoms with E-state index < -0.39 is 23.5 Å². The molecule has 0 aliphatic rings. The van der Waals surface area contributed by atoms with Crippen molar-refractivity contribution in [3.05, 3.63) is 70.5 Å². The van der Waals surface area contributed by atoms with Gasteiger partial charge in [0, 0.05) is 24.7 Å². The van der Waals surface area contributed by atoms with E-state index in [1.54, 1.807) is 12.1 Å². The molecule has 3 aromatic rings. The molecule has 1 N–H and O–H groups in total. The predicted molar refractivity (Wildman–Crippen MR) is 95.5 cm³/mol. The summed E-state index contributed by atoms with van der Waals surface area (Å²) in [5.41, 5.74) is -1.54. The maximum atomic E-state index is 13.3. The van der Waals surface area contributed by atoms with Crippen molar-refractivity contribution in [2.24, 2.45) is 0 Å². The first-order chi connectivity index (χ1) is 13.7. The fourth-order valence-electron chi connectivity index (χ4n) is 2.60. The van der Waals surface area contributed by atoms with Gasteiger partial charge in [0.15, 0.2) is 5.76 Å². The Morgan fingerprint density at radius 1 is 1.17 bits per heavy atom. The van der Waals surface area contributed by atoms with E-state index >= 15 is 0 Å². The van der Waals surface area contributed by atoms with Crippen LogP contribution in [0, 0.1) is 5.82 Å². The molecule has 29 heavy (non-hydrogen) atoms. The predicted octanol–water partition coefficient (Wildman–Crippen LogP) is 4.08. The van der Waals surface area contributed by atoms with Crippen LogP contribution in [0.2, 0.25) is 0 Å². The summed E-state index contributed by atoms with van der Waals surface area (Å²) in [4.78, 5) is 23.9. The molecule has 6 nitrogen and oxygen atoms in total. The maximum absolute atomic E-state index is 13.3. The second kappa shape index (κ2) is 8.29. The van der Waals surface area contributed by atoms with Crippen LogP contribution in [0.25, 0.3) is 11.5 Å². The van der Waals surface area contributed by atoms with Crippen LogP contribution in [0.5, 0.6) is 0 Å². The molecule has 0 spiro atoms. The van der Waals surface area contributed by atoms with E-state index in [0.717, 1.165) is 6.07 Å². The van der Waals surface area contributed by atoms with Crippen LogP contribution in [0.15, 0.2) is 57.9 Å². The van der Waals surface area contributed by atoms with Crippen molar-refractivity contribution >= 4 is 11.6 Å². The van der Waals surface area contributed by atoms with Crippen molar-refractivity contribution in [2.75, 3.05) is 5.32 Å². The number of anilines is 1. The molecule has 0 aliphatic carbocycles. The fourth-order valence-corrected chi connectivity index (χ4v) is 2.60. The van der Waals surface area contributed by atoms with E-state index in [1.807, 2.05) is 0 Å². The Labute approximate surface area is 161 Å². The Morgan fingerprint density at radius 2 is 1.97 bits per heavy atom. The highest BCUT2D eigenvalue weighted by molar-refractivity contribution is 5.90. The van der Waals surface area contributed by atoms with E-state index in [9.17, 15) is 27.2 Å². The lowest BCUT2D eigenvalue weighted by atomic mass is 10.1. The van der Waals surface area contributed by atoms with E-state index in [0.29, 0.717) is 23.6 Å². The standard InChI is InChI=1S/C19H15F4N3O3/c20-14-6-5-12(11-13(14)19(21,22)23)24-17(27)4-1-9-26-18(28)8-7-15(25-26)16-3-2-10-29-16/h2-3,5-8,10-11H,1,4,9H2,(H,24,27). The van der Waals surface area contributed by atoms with E-state index in [2.05, 4.69) is 10.4 Å². The average molecular weight is 409 g/mol. The highest BCUT2D eigenvalue weighted by Gasteiger charge is 2.34. The Bertz CT molecular complexity index is 1060. The lowest BCUT2D eigenvalue weighted by Crippen LogP contribution is -2.23. The zero-order chi connectivity index (χ0) is 21.0. The zero-order valence-corrected chi connectivity index (χ0v) is 14.9. The quantitative estimate of drug-likeness (QED) is 0.623. The van der Waals surface area contributed by atoms with Crippen molar-refractivity contribution < 1.29 is 26.8 Å². The number of hydrogen-bond donors (Lipinski definition) is 1. The number of aryl methyl sites for hydroxylation is 1. The number of hydrogen-bond acceptors (Lipinski definition) is 4. The molecule has 0 unspecified atom stereocenters. The molecule has 152 valence electrons. The SMILES string of the molecule is O=C(CCCn1nc(-c2ccco2)ccc1=O)Nc1ccc(F)c(C(F)(F)F)c1. The Hall–Kier alpha value is -3.43. The molecule has 1 aromatic carbocycles. The fraction of sp³-hybridized carbons (Fsp3) is 0.211.